The third-order valence-electron chi connectivity index (χ3n) is 12.0. The molecule has 12 rings (SSSR count). The van der Waals surface area contributed by atoms with Gasteiger partial charge in [0, 0.05) is 32.8 Å². The molecule has 4 heteroatoms. The SMILES string of the molecule is c1ccc(-c2cccc(-c3ccc4c(-n5c6ccccc6c6cc7ccccc7cc65)ccc(-c5nc(-c6ccccc6)nc(-c6ccc7ccccc7c6)n5)c4c3)c2)cc1. The largest absolute Gasteiger partial charge is 0.309 e. The van der Waals surface area contributed by atoms with E-state index in [1.165, 1.54) is 43.6 Å². The fourth-order valence-corrected chi connectivity index (χ4v) is 9.00. The molecule has 10 aromatic carbocycles. The highest BCUT2D eigenvalue weighted by atomic mass is 15.0. The summed E-state index contributed by atoms with van der Waals surface area (Å²) in [5.74, 6) is 1.89. The van der Waals surface area contributed by atoms with E-state index in [9.17, 15) is 0 Å². The molecule has 2 aromatic heterocycles. The third-order valence-corrected chi connectivity index (χ3v) is 12.0. The summed E-state index contributed by atoms with van der Waals surface area (Å²) < 4.78 is 2.43. The lowest BCUT2D eigenvalue weighted by molar-refractivity contribution is 1.08. The lowest BCUT2D eigenvalue weighted by atomic mass is 9.94. The van der Waals surface area contributed by atoms with Crippen LogP contribution in [0.5, 0.6) is 0 Å². The second-order valence-corrected chi connectivity index (χ2v) is 15.6. The zero-order valence-electron chi connectivity index (χ0n) is 33.1. The molecule has 0 N–H and O–H groups in total. The quantitative estimate of drug-likeness (QED) is 0.169. The number of hydrogen-bond acceptors (Lipinski definition) is 3. The van der Waals surface area contributed by atoms with Gasteiger partial charge in [-0.05, 0) is 97.7 Å². The van der Waals surface area contributed by atoms with Gasteiger partial charge in [0.25, 0.3) is 0 Å². The molecular formula is C57H36N4. The zero-order valence-corrected chi connectivity index (χ0v) is 33.1. The molecule has 0 atom stereocenters. The fraction of sp³-hybridized carbons (Fsp3) is 0. The smallest absolute Gasteiger partial charge is 0.164 e. The van der Waals surface area contributed by atoms with Crippen LogP contribution in [0.1, 0.15) is 0 Å². The topological polar surface area (TPSA) is 43.6 Å². The second-order valence-electron chi connectivity index (χ2n) is 15.6. The van der Waals surface area contributed by atoms with Crippen LogP contribution in [0.2, 0.25) is 0 Å². The Morgan fingerprint density at radius 3 is 1.62 bits per heavy atom. The summed E-state index contributed by atoms with van der Waals surface area (Å²) in [4.78, 5) is 15.7. The van der Waals surface area contributed by atoms with E-state index < -0.39 is 0 Å². The summed E-state index contributed by atoms with van der Waals surface area (Å²) in [6.45, 7) is 0. The average Bonchev–Trinajstić information content (AvgIpc) is 3.65. The first-order chi connectivity index (χ1) is 30.2. The minimum absolute atomic E-state index is 0.622. The highest BCUT2D eigenvalue weighted by Crippen LogP contribution is 2.41. The van der Waals surface area contributed by atoms with Gasteiger partial charge in [0.1, 0.15) is 0 Å². The molecule has 0 bridgehead atoms. The first-order valence-corrected chi connectivity index (χ1v) is 20.7. The number of benzene rings is 10. The van der Waals surface area contributed by atoms with E-state index in [4.69, 9.17) is 15.0 Å². The van der Waals surface area contributed by atoms with Crippen LogP contribution in [-0.4, -0.2) is 19.5 Å². The van der Waals surface area contributed by atoms with Crippen LogP contribution in [0.3, 0.4) is 0 Å². The molecule has 2 heterocycles. The molecule has 4 nitrogen and oxygen atoms in total. The van der Waals surface area contributed by atoms with Crippen LogP contribution in [0.25, 0.3) is 116 Å². The van der Waals surface area contributed by atoms with Gasteiger partial charge in [0.15, 0.2) is 17.5 Å². The molecule has 0 saturated carbocycles. The van der Waals surface area contributed by atoms with Crippen LogP contribution in [0, 0.1) is 0 Å². The molecule has 0 unspecified atom stereocenters. The highest BCUT2D eigenvalue weighted by Gasteiger charge is 2.20. The van der Waals surface area contributed by atoms with Gasteiger partial charge in [-0.25, -0.2) is 15.0 Å². The van der Waals surface area contributed by atoms with Crippen LogP contribution in [0.15, 0.2) is 218 Å². The van der Waals surface area contributed by atoms with Crippen LogP contribution in [-0.2, 0) is 0 Å². The Hall–Kier alpha value is -8.21. The van der Waals surface area contributed by atoms with Crippen LogP contribution < -0.4 is 0 Å². The molecule has 284 valence electrons. The number of para-hydroxylation sites is 1. The predicted molar refractivity (Wildman–Crippen MR) is 254 cm³/mol. The van der Waals surface area contributed by atoms with Crippen molar-refractivity contribution in [1.82, 2.24) is 19.5 Å². The standard InChI is InChI=1S/C57H36N4/c1-3-14-37(15-4-1)41-22-13-23-42(32-41)45-28-29-48-50(34-45)49(30-31-53(48)61-52-25-12-11-24-47(52)51-35-43-20-9-10-21-44(43)36-54(51)61)57-59-55(39-17-5-2-6-18-39)58-56(60-57)46-27-26-38-16-7-8-19-40(38)33-46/h1-36H. The molecule has 0 amide bonds. The Labute approximate surface area is 352 Å². The van der Waals surface area contributed by atoms with Crippen molar-refractivity contribution in [2.24, 2.45) is 0 Å². The molecule has 0 aliphatic rings. The van der Waals surface area contributed by atoms with Crippen LogP contribution >= 0.6 is 0 Å². The molecule has 0 fully saturated rings. The number of rotatable bonds is 6. The van der Waals surface area contributed by atoms with Gasteiger partial charge >= 0.3 is 0 Å². The van der Waals surface area contributed by atoms with Gasteiger partial charge < -0.3 is 4.57 Å². The van der Waals surface area contributed by atoms with Crippen molar-refractivity contribution in [2.75, 3.05) is 0 Å². The molecular weight excluding hydrogens is 741 g/mol. The lowest BCUT2D eigenvalue weighted by Crippen LogP contribution is -2.02. The number of fused-ring (bicyclic) bond motifs is 6. The van der Waals surface area contributed by atoms with Gasteiger partial charge in [-0.15, -0.1) is 0 Å². The van der Waals surface area contributed by atoms with Crippen molar-refractivity contribution >= 4 is 54.1 Å². The van der Waals surface area contributed by atoms with Gasteiger partial charge in [0.05, 0.1) is 16.7 Å². The summed E-state index contributed by atoms with van der Waals surface area (Å²) in [5, 5.41) is 9.36. The van der Waals surface area contributed by atoms with E-state index in [1.807, 2.05) is 18.2 Å². The molecule has 0 aliphatic carbocycles. The van der Waals surface area contributed by atoms with Crippen molar-refractivity contribution in [2.45, 2.75) is 0 Å². The lowest BCUT2D eigenvalue weighted by Gasteiger charge is -2.17. The molecule has 0 radical (unpaired) electrons. The average molecular weight is 777 g/mol. The van der Waals surface area contributed by atoms with E-state index in [0.717, 1.165) is 55.2 Å². The van der Waals surface area contributed by atoms with E-state index in [0.29, 0.717) is 17.5 Å². The van der Waals surface area contributed by atoms with Gasteiger partial charge in [-0.1, -0.05) is 170 Å². The normalized spacial score (nSPS) is 11.6. The monoisotopic (exact) mass is 776 g/mol. The Kier molecular flexibility index (Phi) is 8.13. The third kappa shape index (κ3) is 6.04. The van der Waals surface area contributed by atoms with Crippen LogP contribution in [0.4, 0.5) is 0 Å². The molecule has 12 aromatic rings. The highest BCUT2D eigenvalue weighted by molar-refractivity contribution is 6.15. The summed E-state index contributed by atoms with van der Waals surface area (Å²) in [6.07, 6.45) is 0. The first kappa shape index (κ1) is 34.8. The molecule has 0 saturated heterocycles. The van der Waals surface area contributed by atoms with Crippen molar-refractivity contribution in [3.63, 3.8) is 0 Å². The van der Waals surface area contributed by atoms with Crippen molar-refractivity contribution in [3.8, 4) is 62.1 Å². The zero-order chi connectivity index (χ0) is 40.3. The molecule has 0 aliphatic heterocycles. The van der Waals surface area contributed by atoms with E-state index >= 15 is 0 Å². The fourth-order valence-electron chi connectivity index (χ4n) is 9.00. The summed E-state index contributed by atoms with van der Waals surface area (Å²) in [5.41, 5.74) is 10.8. The minimum Gasteiger partial charge on any atom is -0.309 e. The van der Waals surface area contributed by atoms with Crippen molar-refractivity contribution in [1.29, 1.82) is 0 Å². The van der Waals surface area contributed by atoms with Crippen molar-refractivity contribution in [3.05, 3.63) is 218 Å². The predicted octanol–water partition coefficient (Wildman–Crippen LogP) is 14.8. The van der Waals surface area contributed by atoms with Gasteiger partial charge in [-0.3, -0.25) is 0 Å². The van der Waals surface area contributed by atoms with Gasteiger partial charge in [-0.2, -0.15) is 0 Å². The van der Waals surface area contributed by atoms with E-state index in [2.05, 4.69) is 205 Å². The number of aromatic nitrogens is 4. The second kappa shape index (κ2) is 14.3. The maximum Gasteiger partial charge on any atom is 0.164 e. The first-order valence-electron chi connectivity index (χ1n) is 20.7. The summed E-state index contributed by atoms with van der Waals surface area (Å²) >= 11 is 0. The Balaban J connectivity index is 1.13. The van der Waals surface area contributed by atoms with Crippen molar-refractivity contribution < 1.29 is 0 Å². The summed E-state index contributed by atoms with van der Waals surface area (Å²) in [7, 11) is 0. The summed E-state index contributed by atoms with van der Waals surface area (Å²) in [6, 6.07) is 77.8. The Morgan fingerprint density at radius 2 is 0.836 bits per heavy atom. The maximum atomic E-state index is 5.31. The number of nitrogens with zero attached hydrogens (tertiary/aromatic N) is 4. The maximum absolute atomic E-state index is 5.31. The Bertz CT molecular complexity index is 3650. The van der Waals surface area contributed by atoms with Gasteiger partial charge in [0.2, 0.25) is 0 Å². The van der Waals surface area contributed by atoms with E-state index in [1.54, 1.807) is 0 Å². The van der Waals surface area contributed by atoms with E-state index in [-0.39, 0.29) is 0 Å². The molecule has 0 spiro atoms. The minimum atomic E-state index is 0.622. The number of hydrogen-bond donors (Lipinski definition) is 0. The molecule has 61 heavy (non-hydrogen) atoms. The Morgan fingerprint density at radius 1 is 0.262 bits per heavy atom.